The van der Waals surface area contributed by atoms with Gasteiger partial charge >= 0.3 is 6.18 Å². The molecular formula is C22H17F3N2O2S. The highest BCUT2D eigenvalue weighted by Crippen LogP contribution is 2.29. The second-order valence-corrected chi connectivity index (χ2v) is 6.69. The van der Waals surface area contributed by atoms with Crippen molar-refractivity contribution in [2.45, 2.75) is 12.8 Å². The first-order valence-corrected chi connectivity index (χ1v) is 9.28. The van der Waals surface area contributed by atoms with Crippen LogP contribution in [-0.4, -0.2) is 11.0 Å². The molecule has 8 heteroatoms. The molecule has 0 fully saturated rings. The van der Waals surface area contributed by atoms with E-state index in [2.05, 4.69) is 10.6 Å². The molecule has 0 aliphatic heterocycles. The third-order valence-corrected chi connectivity index (χ3v) is 4.25. The first-order chi connectivity index (χ1) is 14.3. The molecule has 0 atom stereocenters. The van der Waals surface area contributed by atoms with E-state index in [1.807, 2.05) is 30.3 Å². The molecule has 0 saturated carbocycles. The Hall–Kier alpha value is -3.39. The van der Waals surface area contributed by atoms with Crippen LogP contribution in [0.25, 0.3) is 0 Å². The summed E-state index contributed by atoms with van der Waals surface area (Å²) >= 11 is 5.12. The quantitative estimate of drug-likeness (QED) is 0.532. The third-order valence-electron chi connectivity index (χ3n) is 4.04. The number of alkyl halides is 3. The fourth-order valence-electron chi connectivity index (χ4n) is 2.55. The molecule has 0 bridgehead atoms. The third kappa shape index (κ3) is 6.05. The van der Waals surface area contributed by atoms with Gasteiger partial charge in [0.1, 0.15) is 12.4 Å². The molecule has 0 aliphatic carbocycles. The van der Waals surface area contributed by atoms with Gasteiger partial charge in [-0.2, -0.15) is 13.2 Å². The molecule has 154 valence electrons. The number of ether oxygens (including phenoxy) is 1. The minimum absolute atomic E-state index is 0.0140. The maximum Gasteiger partial charge on any atom is 0.416 e. The number of amides is 1. The average Bonchev–Trinajstić information content (AvgIpc) is 2.72. The van der Waals surface area contributed by atoms with Crippen molar-refractivity contribution in [3.63, 3.8) is 0 Å². The summed E-state index contributed by atoms with van der Waals surface area (Å²) in [5.41, 5.74) is 0.854. The van der Waals surface area contributed by atoms with Gasteiger partial charge in [0.25, 0.3) is 5.91 Å². The fourth-order valence-corrected chi connectivity index (χ4v) is 2.76. The van der Waals surface area contributed by atoms with Crippen LogP contribution in [0.15, 0.2) is 78.9 Å². The van der Waals surface area contributed by atoms with Crippen molar-refractivity contribution in [2.75, 3.05) is 5.32 Å². The summed E-state index contributed by atoms with van der Waals surface area (Å²) in [6.07, 6.45) is -4.46. The SMILES string of the molecule is O=C(NC(=S)Nc1cccc(OCc2ccccc2)c1)c1ccc(C(F)(F)F)cc1. The Labute approximate surface area is 176 Å². The number of hydrogen-bond acceptors (Lipinski definition) is 3. The lowest BCUT2D eigenvalue weighted by molar-refractivity contribution is -0.137. The largest absolute Gasteiger partial charge is 0.489 e. The number of hydrogen-bond donors (Lipinski definition) is 2. The van der Waals surface area contributed by atoms with Crippen molar-refractivity contribution in [1.82, 2.24) is 5.32 Å². The van der Waals surface area contributed by atoms with E-state index in [-0.39, 0.29) is 10.7 Å². The summed E-state index contributed by atoms with van der Waals surface area (Å²) in [5.74, 6) is -0.00146. The lowest BCUT2D eigenvalue weighted by atomic mass is 10.1. The van der Waals surface area contributed by atoms with Gasteiger partial charge in [0, 0.05) is 17.3 Å². The van der Waals surface area contributed by atoms with Gasteiger partial charge in [-0.1, -0.05) is 36.4 Å². The second-order valence-electron chi connectivity index (χ2n) is 6.29. The van der Waals surface area contributed by atoms with E-state index in [9.17, 15) is 18.0 Å². The molecule has 0 radical (unpaired) electrons. The van der Waals surface area contributed by atoms with Crippen LogP contribution in [0.3, 0.4) is 0 Å². The number of carbonyl (C=O) groups is 1. The minimum atomic E-state index is -4.46. The van der Waals surface area contributed by atoms with Crippen LogP contribution in [0.4, 0.5) is 18.9 Å². The maximum atomic E-state index is 12.6. The molecular weight excluding hydrogens is 413 g/mol. The number of benzene rings is 3. The molecule has 3 rings (SSSR count). The predicted molar refractivity (Wildman–Crippen MR) is 112 cm³/mol. The zero-order chi connectivity index (χ0) is 21.6. The summed E-state index contributed by atoms with van der Waals surface area (Å²) in [5, 5.41) is 5.31. The zero-order valence-electron chi connectivity index (χ0n) is 15.6. The van der Waals surface area contributed by atoms with Crippen LogP contribution in [0.1, 0.15) is 21.5 Å². The first kappa shape index (κ1) is 21.3. The first-order valence-electron chi connectivity index (χ1n) is 8.87. The lowest BCUT2D eigenvalue weighted by Crippen LogP contribution is -2.34. The second kappa shape index (κ2) is 9.41. The Morgan fingerprint density at radius 1 is 0.933 bits per heavy atom. The van der Waals surface area contributed by atoms with E-state index in [1.165, 1.54) is 0 Å². The zero-order valence-corrected chi connectivity index (χ0v) is 16.4. The number of halogens is 3. The van der Waals surface area contributed by atoms with Gasteiger partial charge in [0.15, 0.2) is 5.11 Å². The van der Waals surface area contributed by atoms with E-state index in [0.29, 0.717) is 18.0 Å². The summed E-state index contributed by atoms with van der Waals surface area (Å²) in [6, 6.07) is 20.6. The summed E-state index contributed by atoms with van der Waals surface area (Å²) in [4.78, 5) is 12.2. The molecule has 0 saturated heterocycles. The van der Waals surface area contributed by atoms with Gasteiger partial charge in [-0.25, -0.2) is 0 Å². The Kier molecular flexibility index (Phi) is 6.68. The Balaban J connectivity index is 1.56. The van der Waals surface area contributed by atoms with Crippen molar-refractivity contribution >= 4 is 28.9 Å². The molecule has 0 aliphatic rings. The topological polar surface area (TPSA) is 50.4 Å². The van der Waals surface area contributed by atoms with E-state index in [1.54, 1.807) is 24.3 Å². The predicted octanol–water partition coefficient (Wildman–Crippen LogP) is 5.41. The fraction of sp³-hybridized carbons (Fsp3) is 0.0909. The monoisotopic (exact) mass is 430 g/mol. The van der Waals surface area contributed by atoms with Crippen molar-refractivity contribution in [3.05, 3.63) is 95.6 Å². The normalized spacial score (nSPS) is 10.9. The maximum absolute atomic E-state index is 12.6. The summed E-state index contributed by atoms with van der Waals surface area (Å²) in [6.45, 7) is 0.402. The molecule has 3 aromatic rings. The van der Waals surface area contributed by atoms with Gasteiger partial charge in [-0.3, -0.25) is 10.1 Å². The molecule has 0 aromatic heterocycles. The van der Waals surface area contributed by atoms with Gasteiger partial charge in [-0.05, 0) is 54.2 Å². The van der Waals surface area contributed by atoms with Crippen LogP contribution in [0.5, 0.6) is 5.75 Å². The average molecular weight is 430 g/mol. The van der Waals surface area contributed by atoms with Gasteiger partial charge in [0.05, 0.1) is 5.56 Å². The van der Waals surface area contributed by atoms with Gasteiger partial charge in [-0.15, -0.1) is 0 Å². The molecule has 0 heterocycles. The molecule has 0 spiro atoms. The standard InChI is InChI=1S/C22H17F3N2O2S/c23-22(24,25)17-11-9-16(10-12-17)20(28)27-21(30)26-18-7-4-8-19(13-18)29-14-15-5-2-1-3-6-15/h1-13H,14H2,(H2,26,27,28,30). The van der Waals surface area contributed by atoms with Crippen LogP contribution in [-0.2, 0) is 12.8 Å². The minimum Gasteiger partial charge on any atom is -0.489 e. The lowest BCUT2D eigenvalue weighted by Gasteiger charge is -2.12. The molecule has 1 amide bonds. The van der Waals surface area contributed by atoms with Crippen molar-refractivity contribution in [3.8, 4) is 5.75 Å². The number of rotatable bonds is 5. The molecule has 30 heavy (non-hydrogen) atoms. The van der Waals surface area contributed by atoms with E-state index in [0.717, 1.165) is 29.8 Å². The smallest absolute Gasteiger partial charge is 0.416 e. The van der Waals surface area contributed by atoms with E-state index in [4.69, 9.17) is 17.0 Å². The van der Waals surface area contributed by atoms with E-state index < -0.39 is 17.6 Å². The molecule has 2 N–H and O–H groups in total. The Morgan fingerprint density at radius 3 is 2.30 bits per heavy atom. The van der Waals surface area contributed by atoms with Crippen molar-refractivity contribution in [2.24, 2.45) is 0 Å². The highest BCUT2D eigenvalue weighted by atomic mass is 32.1. The van der Waals surface area contributed by atoms with Crippen molar-refractivity contribution < 1.29 is 22.7 Å². The molecule has 4 nitrogen and oxygen atoms in total. The number of anilines is 1. The number of nitrogens with one attached hydrogen (secondary N) is 2. The van der Waals surface area contributed by atoms with Crippen LogP contribution >= 0.6 is 12.2 Å². The van der Waals surface area contributed by atoms with Gasteiger partial charge < -0.3 is 10.1 Å². The number of carbonyl (C=O) groups excluding carboxylic acids is 1. The molecule has 3 aromatic carbocycles. The summed E-state index contributed by atoms with van der Waals surface area (Å²) in [7, 11) is 0. The van der Waals surface area contributed by atoms with E-state index >= 15 is 0 Å². The van der Waals surface area contributed by atoms with Crippen molar-refractivity contribution in [1.29, 1.82) is 0 Å². The van der Waals surface area contributed by atoms with Crippen LogP contribution < -0.4 is 15.4 Å². The number of thiocarbonyl (C=S) groups is 1. The Bertz CT molecular complexity index is 1020. The summed E-state index contributed by atoms with van der Waals surface area (Å²) < 4.78 is 43.6. The highest BCUT2D eigenvalue weighted by Gasteiger charge is 2.30. The van der Waals surface area contributed by atoms with Gasteiger partial charge in [0.2, 0.25) is 0 Å². The Morgan fingerprint density at radius 2 is 1.63 bits per heavy atom. The highest BCUT2D eigenvalue weighted by molar-refractivity contribution is 7.80. The molecule has 0 unspecified atom stereocenters. The van der Waals surface area contributed by atoms with Crippen LogP contribution in [0, 0.1) is 0 Å². The van der Waals surface area contributed by atoms with Crippen LogP contribution in [0.2, 0.25) is 0 Å².